The zero-order valence-corrected chi connectivity index (χ0v) is 15.7. The number of hydrogen-bond acceptors (Lipinski definition) is 8. The summed E-state index contributed by atoms with van der Waals surface area (Å²) in [6.07, 6.45) is 0.266. The van der Waals surface area contributed by atoms with Crippen molar-refractivity contribution in [2.75, 3.05) is 19.8 Å². The van der Waals surface area contributed by atoms with Gasteiger partial charge in [-0.3, -0.25) is 19.2 Å². The van der Waals surface area contributed by atoms with E-state index in [1.54, 1.807) is 0 Å². The number of nitrogens with one attached hydrogen (secondary N) is 2. The highest BCUT2D eigenvalue weighted by molar-refractivity contribution is 5.94. The minimum absolute atomic E-state index is 0.245. The first-order chi connectivity index (χ1) is 13.6. The summed E-state index contributed by atoms with van der Waals surface area (Å²) in [5.74, 6) is -4.47. The van der Waals surface area contributed by atoms with Gasteiger partial charge in [-0.2, -0.15) is 0 Å². The number of nitrogens with two attached hydrogens (primary N) is 2. The molecule has 13 heteroatoms. The highest BCUT2D eigenvalue weighted by Crippen LogP contribution is 2.18. The van der Waals surface area contributed by atoms with Crippen molar-refractivity contribution in [3.8, 4) is 0 Å². The van der Waals surface area contributed by atoms with Crippen molar-refractivity contribution in [2.45, 2.75) is 49.9 Å². The predicted octanol–water partition coefficient (Wildman–Crippen LogP) is -4.39. The molecule has 4 atom stereocenters. The fourth-order valence-electron chi connectivity index (χ4n) is 2.87. The van der Waals surface area contributed by atoms with E-state index in [9.17, 15) is 29.1 Å². The van der Waals surface area contributed by atoms with Crippen LogP contribution in [0.4, 0.5) is 0 Å². The van der Waals surface area contributed by atoms with Crippen molar-refractivity contribution in [3.05, 3.63) is 0 Å². The smallest absolute Gasteiger partial charge is 0.326 e. The van der Waals surface area contributed by atoms with E-state index in [0.29, 0.717) is 12.8 Å². The fraction of sp³-hybridized carbons (Fsp3) is 0.688. The highest BCUT2D eigenvalue weighted by atomic mass is 16.4. The normalized spacial score (nSPS) is 19.1. The molecule has 29 heavy (non-hydrogen) atoms. The van der Waals surface area contributed by atoms with Crippen molar-refractivity contribution in [3.63, 3.8) is 0 Å². The van der Waals surface area contributed by atoms with Gasteiger partial charge in [0.25, 0.3) is 0 Å². The average Bonchev–Trinajstić information content (AvgIpc) is 3.17. The molecule has 1 rings (SSSR count). The van der Waals surface area contributed by atoms with Crippen LogP contribution in [0.2, 0.25) is 0 Å². The van der Waals surface area contributed by atoms with Crippen molar-refractivity contribution in [1.82, 2.24) is 15.5 Å². The Kier molecular flexibility index (Phi) is 9.44. The number of hydrogen-bond donors (Lipinski definition) is 7. The summed E-state index contributed by atoms with van der Waals surface area (Å²) < 4.78 is 0. The standard InChI is InChI=1S/C16H27N5O8/c17-8(6-22)15(27)21-5-1-2-11(21)14(26)20-10(7-23)13(25)19-9(16(28)29)3-4-12(18)24/h8-11,22-23H,1-7,17H2,(H2,18,24)(H,19,25)(H,20,26)(H,28,29)/t8-,9-,10-,11-/m0/s1. The van der Waals surface area contributed by atoms with Gasteiger partial charge in [-0.1, -0.05) is 0 Å². The molecule has 4 amide bonds. The van der Waals surface area contributed by atoms with E-state index in [1.807, 2.05) is 0 Å². The van der Waals surface area contributed by atoms with Crippen LogP contribution in [-0.4, -0.2) is 93.7 Å². The van der Waals surface area contributed by atoms with Crippen molar-refractivity contribution in [1.29, 1.82) is 0 Å². The van der Waals surface area contributed by atoms with Crippen LogP contribution in [0.25, 0.3) is 0 Å². The van der Waals surface area contributed by atoms with Gasteiger partial charge in [-0.25, -0.2) is 4.79 Å². The lowest BCUT2D eigenvalue weighted by Crippen LogP contribution is -2.57. The Labute approximate surface area is 166 Å². The van der Waals surface area contributed by atoms with Crippen molar-refractivity contribution >= 4 is 29.6 Å². The molecule has 1 aliphatic heterocycles. The number of rotatable bonds is 11. The molecule has 1 saturated heterocycles. The summed E-state index contributed by atoms with van der Waals surface area (Å²) in [4.78, 5) is 60.1. The minimum Gasteiger partial charge on any atom is -0.480 e. The number of carboxylic acid groups (broad SMARTS) is 1. The van der Waals surface area contributed by atoms with Gasteiger partial charge >= 0.3 is 5.97 Å². The number of nitrogens with zero attached hydrogens (tertiary/aromatic N) is 1. The Bertz CT molecular complexity index is 643. The lowest BCUT2D eigenvalue weighted by Gasteiger charge is -2.27. The van der Waals surface area contributed by atoms with E-state index in [2.05, 4.69) is 10.6 Å². The number of aliphatic hydroxyl groups excluding tert-OH is 2. The first kappa shape index (κ1) is 24.3. The van der Waals surface area contributed by atoms with E-state index in [0.717, 1.165) is 0 Å². The van der Waals surface area contributed by atoms with Gasteiger partial charge in [-0.15, -0.1) is 0 Å². The third-order valence-corrected chi connectivity index (χ3v) is 4.46. The summed E-state index contributed by atoms with van der Waals surface area (Å²) in [7, 11) is 0. The Hall–Kier alpha value is -2.77. The second-order valence-electron chi connectivity index (χ2n) is 6.63. The van der Waals surface area contributed by atoms with Crippen LogP contribution in [0, 0.1) is 0 Å². The van der Waals surface area contributed by atoms with Gasteiger partial charge in [0.2, 0.25) is 23.6 Å². The number of aliphatic hydroxyl groups is 2. The molecule has 0 saturated carbocycles. The summed E-state index contributed by atoms with van der Waals surface area (Å²) in [6.45, 7) is -1.17. The molecular weight excluding hydrogens is 390 g/mol. The molecule has 0 aliphatic carbocycles. The molecule has 1 fully saturated rings. The van der Waals surface area contributed by atoms with Gasteiger partial charge < -0.3 is 42.3 Å². The quantitative estimate of drug-likeness (QED) is 0.172. The van der Waals surface area contributed by atoms with Crippen LogP contribution in [0.3, 0.4) is 0 Å². The maximum atomic E-state index is 12.5. The molecule has 0 unspecified atom stereocenters. The van der Waals surface area contributed by atoms with Gasteiger partial charge in [0.15, 0.2) is 0 Å². The zero-order chi connectivity index (χ0) is 22.1. The van der Waals surface area contributed by atoms with Gasteiger partial charge in [-0.05, 0) is 19.3 Å². The second kappa shape index (κ2) is 11.3. The highest BCUT2D eigenvalue weighted by Gasteiger charge is 2.37. The number of amides is 4. The van der Waals surface area contributed by atoms with Gasteiger partial charge in [0, 0.05) is 13.0 Å². The van der Waals surface area contributed by atoms with Crippen LogP contribution >= 0.6 is 0 Å². The Morgan fingerprint density at radius 3 is 2.24 bits per heavy atom. The maximum absolute atomic E-state index is 12.5. The maximum Gasteiger partial charge on any atom is 0.326 e. The van der Waals surface area contributed by atoms with Crippen LogP contribution in [0.1, 0.15) is 25.7 Å². The van der Waals surface area contributed by atoms with Crippen LogP contribution in [-0.2, 0) is 24.0 Å². The fourth-order valence-corrected chi connectivity index (χ4v) is 2.87. The van der Waals surface area contributed by atoms with Crippen LogP contribution < -0.4 is 22.1 Å². The van der Waals surface area contributed by atoms with Gasteiger partial charge in [0.05, 0.1) is 13.2 Å². The molecule has 1 aliphatic rings. The van der Waals surface area contributed by atoms with Crippen LogP contribution in [0.5, 0.6) is 0 Å². The summed E-state index contributed by atoms with van der Waals surface area (Å²) in [5, 5.41) is 32.0. The minimum atomic E-state index is -1.47. The molecule has 0 spiro atoms. The molecule has 0 bridgehead atoms. The van der Waals surface area contributed by atoms with E-state index in [-0.39, 0.29) is 19.4 Å². The Morgan fingerprint density at radius 2 is 1.72 bits per heavy atom. The monoisotopic (exact) mass is 417 g/mol. The number of carbonyl (C=O) groups excluding carboxylic acids is 4. The molecule has 1 heterocycles. The summed E-state index contributed by atoms with van der Waals surface area (Å²) >= 11 is 0. The molecular formula is C16H27N5O8. The largest absolute Gasteiger partial charge is 0.480 e. The lowest BCUT2D eigenvalue weighted by molar-refractivity contribution is -0.143. The van der Waals surface area contributed by atoms with E-state index < -0.39 is 67.0 Å². The average molecular weight is 417 g/mol. The predicted molar refractivity (Wildman–Crippen MR) is 96.8 cm³/mol. The van der Waals surface area contributed by atoms with E-state index >= 15 is 0 Å². The summed E-state index contributed by atoms with van der Waals surface area (Å²) in [6, 6.07) is -5.02. The second-order valence-corrected chi connectivity index (χ2v) is 6.63. The Balaban J connectivity index is 2.76. The molecule has 9 N–H and O–H groups in total. The number of carboxylic acids is 1. The van der Waals surface area contributed by atoms with Crippen molar-refractivity contribution in [2.24, 2.45) is 11.5 Å². The Morgan fingerprint density at radius 1 is 1.07 bits per heavy atom. The molecule has 13 nitrogen and oxygen atoms in total. The first-order valence-electron chi connectivity index (χ1n) is 9.02. The number of carbonyl (C=O) groups is 5. The van der Waals surface area contributed by atoms with E-state index in [4.69, 9.17) is 21.7 Å². The van der Waals surface area contributed by atoms with E-state index in [1.165, 1.54) is 4.90 Å². The third-order valence-electron chi connectivity index (χ3n) is 4.46. The SMILES string of the molecule is NC(=O)CC[C@H](NC(=O)[C@H](CO)NC(=O)[C@@H]1CCCN1C(=O)[C@@H](N)CO)C(=O)O. The van der Waals surface area contributed by atoms with Gasteiger partial charge in [0.1, 0.15) is 24.2 Å². The molecule has 0 aromatic carbocycles. The first-order valence-corrected chi connectivity index (χ1v) is 9.02. The summed E-state index contributed by atoms with van der Waals surface area (Å²) in [5.41, 5.74) is 10.5. The molecule has 0 radical (unpaired) electrons. The van der Waals surface area contributed by atoms with Crippen molar-refractivity contribution < 1.29 is 39.3 Å². The zero-order valence-electron chi connectivity index (χ0n) is 15.7. The van der Waals surface area contributed by atoms with Crippen LogP contribution in [0.15, 0.2) is 0 Å². The lowest BCUT2D eigenvalue weighted by atomic mass is 10.1. The molecule has 164 valence electrons. The molecule has 0 aromatic heterocycles. The number of likely N-dealkylation sites (tertiary alicyclic amines) is 1. The molecule has 0 aromatic rings. The number of primary amides is 1. The topological polar surface area (TPSA) is 225 Å². The third kappa shape index (κ3) is 6.96. The number of aliphatic carboxylic acids is 1.